The molecule has 0 spiro atoms. The molecular weight excluding hydrogens is 226 g/mol. The predicted molar refractivity (Wildman–Crippen MR) is 69.4 cm³/mol. The molecular formula is C13H19N5. The van der Waals surface area contributed by atoms with Crippen LogP contribution in [0.3, 0.4) is 0 Å². The zero-order valence-electron chi connectivity index (χ0n) is 11.0. The third kappa shape index (κ3) is 1.84. The van der Waals surface area contributed by atoms with E-state index < -0.39 is 0 Å². The molecule has 1 aliphatic heterocycles. The van der Waals surface area contributed by atoms with Gasteiger partial charge in [0.1, 0.15) is 0 Å². The number of hydrogen-bond donors (Lipinski definition) is 3. The van der Waals surface area contributed by atoms with Crippen LogP contribution in [0.25, 0.3) is 0 Å². The van der Waals surface area contributed by atoms with Crippen LogP contribution in [0, 0.1) is 0 Å². The molecule has 0 aromatic carbocycles. The van der Waals surface area contributed by atoms with Crippen molar-refractivity contribution in [2.45, 2.75) is 38.6 Å². The maximum absolute atomic E-state index is 4.42. The average molecular weight is 245 g/mol. The molecule has 0 amide bonds. The lowest BCUT2D eigenvalue weighted by Gasteiger charge is -2.21. The van der Waals surface area contributed by atoms with Gasteiger partial charge in [0.2, 0.25) is 0 Å². The Labute approximate surface area is 106 Å². The Bertz CT molecular complexity index is 546. The highest BCUT2D eigenvalue weighted by Crippen LogP contribution is 2.28. The number of nitrogens with one attached hydrogen (secondary N) is 3. The molecule has 0 saturated heterocycles. The van der Waals surface area contributed by atoms with Crippen LogP contribution in [-0.4, -0.2) is 26.7 Å². The second-order valence-corrected chi connectivity index (χ2v) is 5.86. The monoisotopic (exact) mass is 245 g/mol. The first-order valence-corrected chi connectivity index (χ1v) is 6.37. The van der Waals surface area contributed by atoms with Gasteiger partial charge in [-0.2, -0.15) is 5.10 Å². The molecule has 1 atom stereocenters. The Morgan fingerprint density at radius 1 is 1.33 bits per heavy atom. The molecule has 3 heterocycles. The third-order valence-electron chi connectivity index (χ3n) is 3.43. The number of hydrogen-bond acceptors (Lipinski definition) is 3. The van der Waals surface area contributed by atoms with Gasteiger partial charge in [-0.25, -0.2) is 4.98 Å². The summed E-state index contributed by atoms with van der Waals surface area (Å²) in [7, 11) is 0. The molecule has 18 heavy (non-hydrogen) atoms. The Morgan fingerprint density at radius 2 is 2.17 bits per heavy atom. The van der Waals surface area contributed by atoms with Crippen molar-refractivity contribution >= 4 is 0 Å². The molecule has 5 heteroatoms. The van der Waals surface area contributed by atoms with E-state index in [1.165, 1.54) is 5.69 Å². The van der Waals surface area contributed by atoms with Gasteiger partial charge in [0.25, 0.3) is 0 Å². The summed E-state index contributed by atoms with van der Waals surface area (Å²) in [6.45, 7) is 7.47. The summed E-state index contributed by atoms with van der Waals surface area (Å²) in [6.07, 6.45) is 2.78. The van der Waals surface area contributed by atoms with E-state index in [-0.39, 0.29) is 11.5 Å². The molecule has 5 nitrogen and oxygen atoms in total. The molecule has 0 saturated carbocycles. The van der Waals surface area contributed by atoms with Crippen molar-refractivity contribution in [3.8, 4) is 0 Å². The summed E-state index contributed by atoms with van der Waals surface area (Å²) in [5, 5.41) is 11.1. The van der Waals surface area contributed by atoms with Gasteiger partial charge < -0.3 is 10.3 Å². The summed E-state index contributed by atoms with van der Waals surface area (Å²) in [5.74, 6) is 0. The van der Waals surface area contributed by atoms with E-state index >= 15 is 0 Å². The first kappa shape index (κ1) is 11.5. The predicted octanol–water partition coefficient (Wildman–Crippen LogP) is 1.67. The Hall–Kier alpha value is -1.62. The van der Waals surface area contributed by atoms with Crippen LogP contribution in [0.1, 0.15) is 49.6 Å². The molecule has 3 N–H and O–H groups in total. The summed E-state index contributed by atoms with van der Waals surface area (Å²) in [5.41, 5.74) is 4.56. The van der Waals surface area contributed by atoms with Crippen LogP contribution in [-0.2, 0) is 11.8 Å². The lowest BCUT2D eigenvalue weighted by Crippen LogP contribution is -2.31. The molecule has 0 aliphatic carbocycles. The van der Waals surface area contributed by atoms with Gasteiger partial charge in [0.05, 0.1) is 29.5 Å². The number of aromatic nitrogens is 4. The zero-order valence-corrected chi connectivity index (χ0v) is 11.0. The summed E-state index contributed by atoms with van der Waals surface area (Å²) in [6, 6.07) is 2.27. The lowest BCUT2D eigenvalue weighted by molar-refractivity contribution is 0.542. The first-order valence-electron chi connectivity index (χ1n) is 6.37. The number of aromatic amines is 2. The third-order valence-corrected chi connectivity index (χ3v) is 3.43. The van der Waals surface area contributed by atoms with Crippen molar-refractivity contribution in [2.75, 3.05) is 6.54 Å². The topological polar surface area (TPSA) is 69.4 Å². The fraction of sp³-hybridized carbons (Fsp3) is 0.538. The standard InChI is InChI=1S/C13H19N5/c1-13(2,3)10-6-9(17-18-10)12-11-8(4-5-14-12)15-7-16-11/h6-7,12,14H,4-5H2,1-3H3,(H,15,16)(H,17,18)/t12-/m0/s1. The van der Waals surface area contributed by atoms with Crippen molar-refractivity contribution in [3.05, 3.63) is 35.2 Å². The van der Waals surface area contributed by atoms with Crippen LogP contribution >= 0.6 is 0 Å². The normalized spacial score (nSPS) is 19.8. The maximum Gasteiger partial charge on any atom is 0.0937 e. The minimum absolute atomic E-state index is 0.0673. The van der Waals surface area contributed by atoms with Gasteiger partial charge in [-0.1, -0.05) is 20.8 Å². The number of imidazole rings is 1. The van der Waals surface area contributed by atoms with Crippen LogP contribution in [0.2, 0.25) is 0 Å². The second-order valence-electron chi connectivity index (χ2n) is 5.86. The fourth-order valence-electron chi connectivity index (χ4n) is 2.34. The summed E-state index contributed by atoms with van der Waals surface area (Å²) in [4.78, 5) is 7.63. The number of fused-ring (bicyclic) bond motifs is 1. The number of nitrogens with zero attached hydrogens (tertiary/aromatic N) is 2. The molecule has 1 aliphatic rings. The highest BCUT2D eigenvalue weighted by molar-refractivity contribution is 5.30. The van der Waals surface area contributed by atoms with Crippen LogP contribution < -0.4 is 5.32 Å². The minimum atomic E-state index is 0.0673. The van der Waals surface area contributed by atoms with Crippen LogP contribution in [0.5, 0.6) is 0 Å². The Balaban J connectivity index is 1.96. The van der Waals surface area contributed by atoms with Crippen LogP contribution in [0.15, 0.2) is 12.4 Å². The van der Waals surface area contributed by atoms with E-state index in [1.54, 1.807) is 6.33 Å². The van der Waals surface area contributed by atoms with Crippen molar-refractivity contribution in [1.82, 2.24) is 25.5 Å². The Morgan fingerprint density at radius 3 is 2.89 bits per heavy atom. The SMILES string of the molecule is CC(C)(C)c1cc([C@@H]2NCCc3[nH]cnc32)[nH]n1. The number of rotatable bonds is 1. The smallest absolute Gasteiger partial charge is 0.0937 e. The van der Waals surface area contributed by atoms with E-state index in [2.05, 4.69) is 52.3 Å². The largest absolute Gasteiger partial charge is 0.348 e. The lowest BCUT2D eigenvalue weighted by atomic mass is 9.91. The minimum Gasteiger partial charge on any atom is -0.348 e. The zero-order chi connectivity index (χ0) is 12.8. The van der Waals surface area contributed by atoms with E-state index in [0.717, 1.165) is 30.0 Å². The maximum atomic E-state index is 4.42. The molecule has 3 rings (SSSR count). The average Bonchev–Trinajstić information content (AvgIpc) is 2.96. The van der Waals surface area contributed by atoms with Gasteiger partial charge in [-0.15, -0.1) is 0 Å². The van der Waals surface area contributed by atoms with E-state index in [0.29, 0.717) is 0 Å². The van der Waals surface area contributed by atoms with Gasteiger partial charge in [0.15, 0.2) is 0 Å². The molecule has 0 fully saturated rings. The first-order chi connectivity index (χ1) is 8.55. The highest BCUT2D eigenvalue weighted by atomic mass is 15.2. The van der Waals surface area contributed by atoms with Gasteiger partial charge in [-0.05, 0) is 6.07 Å². The van der Waals surface area contributed by atoms with Crippen molar-refractivity contribution < 1.29 is 0 Å². The fourth-order valence-corrected chi connectivity index (χ4v) is 2.34. The summed E-state index contributed by atoms with van der Waals surface area (Å²) < 4.78 is 0. The van der Waals surface area contributed by atoms with Gasteiger partial charge in [0, 0.05) is 24.1 Å². The second kappa shape index (κ2) is 3.95. The Kier molecular flexibility index (Phi) is 2.52. The molecule has 96 valence electrons. The van der Waals surface area contributed by atoms with Gasteiger partial charge in [-0.3, -0.25) is 5.10 Å². The van der Waals surface area contributed by atoms with E-state index in [1.807, 2.05) is 0 Å². The van der Waals surface area contributed by atoms with Crippen molar-refractivity contribution in [2.24, 2.45) is 0 Å². The van der Waals surface area contributed by atoms with Crippen LogP contribution in [0.4, 0.5) is 0 Å². The van der Waals surface area contributed by atoms with E-state index in [9.17, 15) is 0 Å². The molecule has 2 aromatic rings. The van der Waals surface area contributed by atoms with E-state index in [4.69, 9.17) is 0 Å². The van der Waals surface area contributed by atoms with Crippen molar-refractivity contribution in [3.63, 3.8) is 0 Å². The molecule has 2 aromatic heterocycles. The van der Waals surface area contributed by atoms with Gasteiger partial charge >= 0.3 is 0 Å². The highest BCUT2D eigenvalue weighted by Gasteiger charge is 2.27. The quantitative estimate of drug-likeness (QED) is 0.715. The molecule has 0 radical (unpaired) electrons. The molecule has 0 bridgehead atoms. The van der Waals surface area contributed by atoms with Crippen molar-refractivity contribution in [1.29, 1.82) is 0 Å². The number of H-pyrrole nitrogens is 2. The summed E-state index contributed by atoms with van der Waals surface area (Å²) >= 11 is 0. The molecule has 0 unspecified atom stereocenters.